The number of likely N-dealkylation sites (N-methyl/N-ethyl adjacent to an activating group) is 1. The van der Waals surface area contributed by atoms with Gasteiger partial charge in [-0.1, -0.05) is 18.2 Å². The van der Waals surface area contributed by atoms with Crippen LogP contribution in [-0.4, -0.2) is 24.3 Å². The van der Waals surface area contributed by atoms with E-state index in [9.17, 15) is 5.11 Å². The minimum atomic E-state index is -0.278. The van der Waals surface area contributed by atoms with E-state index in [0.717, 1.165) is 6.54 Å². The van der Waals surface area contributed by atoms with Crippen molar-refractivity contribution in [3.63, 3.8) is 0 Å². The maximum Gasteiger partial charge on any atom is 0.0687 e. The highest BCUT2D eigenvalue weighted by Crippen LogP contribution is 2.12. The van der Waals surface area contributed by atoms with Gasteiger partial charge in [-0.3, -0.25) is 0 Å². The van der Waals surface area contributed by atoms with Crippen LogP contribution in [0.1, 0.15) is 13.8 Å². The van der Waals surface area contributed by atoms with E-state index in [1.165, 1.54) is 5.69 Å². The molecule has 1 N–H and O–H groups in total. The molecule has 0 spiro atoms. The molecule has 0 amide bonds. The normalized spacial score (nSPS) is 12.5. The lowest BCUT2D eigenvalue weighted by Crippen LogP contribution is -2.30. The quantitative estimate of drug-likeness (QED) is 0.763. The summed E-state index contributed by atoms with van der Waals surface area (Å²) >= 11 is 0. The average molecular weight is 179 g/mol. The molecule has 1 aromatic carbocycles. The van der Waals surface area contributed by atoms with Crippen molar-refractivity contribution in [1.82, 2.24) is 0 Å². The van der Waals surface area contributed by atoms with Crippen LogP contribution in [0.4, 0.5) is 5.69 Å². The van der Waals surface area contributed by atoms with Crippen molar-refractivity contribution in [3.8, 4) is 0 Å². The molecule has 72 valence electrons. The molecule has 0 radical (unpaired) electrons. The number of hydrogen-bond acceptors (Lipinski definition) is 2. The van der Waals surface area contributed by atoms with Gasteiger partial charge < -0.3 is 10.0 Å². The van der Waals surface area contributed by atoms with Gasteiger partial charge in [0.05, 0.1) is 6.10 Å². The van der Waals surface area contributed by atoms with E-state index in [0.29, 0.717) is 6.54 Å². The Bertz CT molecular complexity index is 233. The fraction of sp³-hybridized carbons (Fsp3) is 0.455. The van der Waals surface area contributed by atoms with Crippen LogP contribution >= 0.6 is 0 Å². The van der Waals surface area contributed by atoms with Gasteiger partial charge in [0.15, 0.2) is 0 Å². The molecule has 0 heterocycles. The van der Waals surface area contributed by atoms with E-state index in [4.69, 9.17) is 0 Å². The van der Waals surface area contributed by atoms with Gasteiger partial charge in [0.2, 0.25) is 0 Å². The molecule has 0 fully saturated rings. The smallest absolute Gasteiger partial charge is 0.0687 e. The van der Waals surface area contributed by atoms with Crippen molar-refractivity contribution in [2.24, 2.45) is 0 Å². The lowest BCUT2D eigenvalue weighted by molar-refractivity contribution is 0.200. The summed E-state index contributed by atoms with van der Waals surface area (Å²) < 4.78 is 0. The SMILES string of the molecule is CCN(CC(C)O)c1ccccc1. The predicted molar refractivity (Wildman–Crippen MR) is 56.0 cm³/mol. The second-order valence-corrected chi connectivity index (χ2v) is 3.22. The molecular formula is C11H17NO. The van der Waals surface area contributed by atoms with Crippen molar-refractivity contribution in [2.75, 3.05) is 18.0 Å². The third kappa shape index (κ3) is 3.07. The first-order chi connectivity index (χ1) is 6.24. The minimum Gasteiger partial charge on any atom is -0.392 e. The van der Waals surface area contributed by atoms with Gasteiger partial charge in [-0.05, 0) is 26.0 Å². The lowest BCUT2D eigenvalue weighted by atomic mass is 10.2. The van der Waals surface area contributed by atoms with Crippen LogP contribution in [0.3, 0.4) is 0 Å². The molecule has 0 aliphatic rings. The summed E-state index contributed by atoms with van der Waals surface area (Å²) in [5.41, 5.74) is 1.17. The Morgan fingerprint density at radius 3 is 2.38 bits per heavy atom. The van der Waals surface area contributed by atoms with Gasteiger partial charge in [-0.25, -0.2) is 0 Å². The van der Waals surface area contributed by atoms with Crippen LogP contribution in [0.5, 0.6) is 0 Å². The molecule has 1 unspecified atom stereocenters. The van der Waals surface area contributed by atoms with Gasteiger partial charge in [0, 0.05) is 18.8 Å². The summed E-state index contributed by atoms with van der Waals surface area (Å²) in [6.07, 6.45) is -0.278. The number of benzene rings is 1. The zero-order valence-electron chi connectivity index (χ0n) is 8.27. The molecule has 2 heteroatoms. The highest BCUT2D eigenvalue weighted by molar-refractivity contribution is 5.45. The molecule has 1 rings (SSSR count). The van der Waals surface area contributed by atoms with E-state index in [1.807, 2.05) is 25.1 Å². The van der Waals surface area contributed by atoms with Crippen LogP contribution in [0, 0.1) is 0 Å². The molecule has 0 aliphatic heterocycles. The van der Waals surface area contributed by atoms with Gasteiger partial charge in [-0.2, -0.15) is 0 Å². The Labute approximate surface area is 79.8 Å². The van der Waals surface area contributed by atoms with Gasteiger partial charge >= 0.3 is 0 Å². The van der Waals surface area contributed by atoms with Crippen molar-refractivity contribution >= 4 is 5.69 Å². The summed E-state index contributed by atoms with van der Waals surface area (Å²) in [6, 6.07) is 10.2. The standard InChI is InChI=1S/C11H17NO/c1-3-12(9-10(2)13)11-7-5-4-6-8-11/h4-8,10,13H,3,9H2,1-2H3. The molecule has 0 aliphatic carbocycles. The van der Waals surface area contributed by atoms with Gasteiger partial charge in [0.25, 0.3) is 0 Å². The summed E-state index contributed by atoms with van der Waals surface area (Å²) in [5.74, 6) is 0. The maximum atomic E-state index is 9.27. The monoisotopic (exact) mass is 179 g/mol. The van der Waals surface area contributed by atoms with Crippen LogP contribution in [-0.2, 0) is 0 Å². The zero-order valence-corrected chi connectivity index (χ0v) is 8.27. The molecule has 1 aromatic rings. The Morgan fingerprint density at radius 2 is 1.92 bits per heavy atom. The molecule has 0 bridgehead atoms. The maximum absolute atomic E-state index is 9.27. The largest absolute Gasteiger partial charge is 0.392 e. The van der Waals surface area contributed by atoms with Crippen molar-refractivity contribution < 1.29 is 5.11 Å². The number of hydrogen-bond donors (Lipinski definition) is 1. The molecule has 0 saturated carbocycles. The van der Waals surface area contributed by atoms with Crippen LogP contribution in [0.15, 0.2) is 30.3 Å². The molecular weight excluding hydrogens is 162 g/mol. The average Bonchev–Trinajstić information content (AvgIpc) is 2.15. The van der Waals surface area contributed by atoms with E-state index in [1.54, 1.807) is 0 Å². The molecule has 13 heavy (non-hydrogen) atoms. The van der Waals surface area contributed by atoms with Gasteiger partial charge in [0.1, 0.15) is 0 Å². The Kier molecular flexibility index (Phi) is 3.77. The first-order valence-corrected chi connectivity index (χ1v) is 4.72. The fourth-order valence-corrected chi connectivity index (χ4v) is 1.37. The number of anilines is 1. The number of para-hydroxylation sites is 1. The van der Waals surface area contributed by atoms with E-state index >= 15 is 0 Å². The summed E-state index contributed by atoms with van der Waals surface area (Å²) in [4.78, 5) is 2.16. The highest BCUT2D eigenvalue weighted by Gasteiger charge is 2.05. The van der Waals surface area contributed by atoms with Crippen molar-refractivity contribution in [1.29, 1.82) is 0 Å². The Hall–Kier alpha value is -1.02. The van der Waals surface area contributed by atoms with E-state index in [-0.39, 0.29) is 6.10 Å². The molecule has 0 saturated heterocycles. The van der Waals surface area contributed by atoms with Crippen molar-refractivity contribution in [3.05, 3.63) is 30.3 Å². The van der Waals surface area contributed by atoms with Crippen LogP contribution in [0.25, 0.3) is 0 Å². The van der Waals surface area contributed by atoms with Crippen LogP contribution in [0.2, 0.25) is 0 Å². The minimum absolute atomic E-state index is 0.278. The second kappa shape index (κ2) is 4.87. The van der Waals surface area contributed by atoms with Gasteiger partial charge in [-0.15, -0.1) is 0 Å². The topological polar surface area (TPSA) is 23.5 Å². The number of nitrogens with zero attached hydrogens (tertiary/aromatic N) is 1. The predicted octanol–water partition coefficient (Wildman–Crippen LogP) is 1.89. The number of aliphatic hydroxyl groups is 1. The van der Waals surface area contributed by atoms with Crippen LogP contribution < -0.4 is 4.90 Å². The molecule has 2 nitrogen and oxygen atoms in total. The fourth-order valence-electron chi connectivity index (χ4n) is 1.37. The summed E-state index contributed by atoms with van der Waals surface area (Å²) in [5, 5.41) is 9.27. The third-order valence-electron chi connectivity index (χ3n) is 1.99. The first-order valence-electron chi connectivity index (χ1n) is 4.72. The Morgan fingerprint density at radius 1 is 1.31 bits per heavy atom. The lowest BCUT2D eigenvalue weighted by Gasteiger charge is -2.24. The first kappa shape index (κ1) is 10.1. The second-order valence-electron chi connectivity index (χ2n) is 3.22. The molecule has 1 atom stereocenters. The summed E-state index contributed by atoms with van der Waals surface area (Å²) in [6.45, 7) is 5.52. The highest BCUT2D eigenvalue weighted by atomic mass is 16.3. The van der Waals surface area contributed by atoms with E-state index < -0.39 is 0 Å². The number of rotatable bonds is 4. The zero-order chi connectivity index (χ0) is 9.68. The summed E-state index contributed by atoms with van der Waals surface area (Å²) in [7, 11) is 0. The Balaban J connectivity index is 2.67. The number of aliphatic hydroxyl groups excluding tert-OH is 1. The van der Waals surface area contributed by atoms with Crippen molar-refractivity contribution in [2.45, 2.75) is 20.0 Å². The molecule has 0 aromatic heterocycles. The van der Waals surface area contributed by atoms with E-state index in [2.05, 4.69) is 24.0 Å². The third-order valence-corrected chi connectivity index (χ3v) is 1.99.